The molecule has 1 aromatic rings. The molecule has 0 unspecified atom stereocenters. The van der Waals surface area contributed by atoms with E-state index in [0.717, 1.165) is 12.1 Å². The molecule has 5 heteroatoms. The molecule has 2 rings (SSSR count). The molecule has 1 heterocycles. The van der Waals surface area contributed by atoms with Crippen LogP contribution in [0.4, 0.5) is 5.69 Å². The Labute approximate surface area is 138 Å². The molecule has 0 atom stereocenters. The number of piperidine rings is 1. The topological polar surface area (TPSA) is 58.6 Å². The second kappa shape index (κ2) is 8.11. The molecule has 1 N–H and O–H groups in total. The molecule has 126 valence electrons. The highest BCUT2D eigenvalue weighted by molar-refractivity contribution is 6.02. The number of nitrogens with one attached hydrogen (secondary N) is 1. The number of rotatable bonds is 6. The summed E-state index contributed by atoms with van der Waals surface area (Å²) in [6, 6.07) is 9.44. The molecule has 0 aromatic heterocycles. The van der Waals surface area contributed by atoms with Crippen molar-refractivity contribution in [1.29, 1.82) is 0 Å². The molecule has 0 bridgehead atoms. The molecule has 1 fully saturated rings. The third-order valence-electron chi connectivity index (χ3n) is 4.24. The van der Waals surface area contributed by atoms with Crippen LogP contribution in [0, 0.1) is 0 Å². The molecule has 0 radical (unpaired) electrons. The van der Waals surface area contributed by atoms with Crippen LogP contribution in [-0.2, 0) is 14.3 Å². The van der Waals surface area contributed by atoms with Crippen molar-refractivity contribution in [2.45, 2.75) is 45.1 Å². The number of ether oxygens (including phenoxy) is 1. The van der Waals surface area contributed by atoms with Gasteiger partial charge in [0.15, 0.2) is 0 Å². The quantitative estimate of drug-likeness (QED) is 0.819. The smallest absolute Gasteiger partial charge is 0.332 e. The maximum atomic E-state index is 12.9. The van der Waals surface area contributed by atoms with Gasteiger partial charge < -0.3 is 10.1 Å². The first-order valence-corrected chi connectivity index (χ1v) is 8.41. The van der Waals surface area contributed by atoms with Crippen LogP contribution in [0.1, 0.15) is 39.5 Å². The van der Waals surface area contributed by atoms with E-state index in [2.05, 4.69) is 5.32 Å². The monoisotopic (exact) mass is 318 g/mol. The van der Waals surface area contributed by atoms with Crippen LogP contribution in [0.25, 0.3) is 0 Å². The van der Waals surface area contributed by atoms with E-state index in [4.69, 9.17) is 4.74 Å². The van der Waals surface area contributed by atoms with Crippen LogP contribution in [0.3, 0.4) is 0 Å². The van der Waals surface area contributed by atoms with E-state index in [-0.39, 0.29) is 11.9 Å². The summed E-state index contributed by atoms with van der Waals surface area (Å²) >= 11 is 0. The second-order valence-electron chi connectivity index (χ2n) is 5.84. The number of esters is 1. The van der Waals surface area contributed by atoms with Crippen molar-refractivity contribution in [3.63, 3.8) is 0 Å². The zero-order chi connectivity index (χ0) is 16.7. The van der Waals surface area contributed by atoms with Gasteiger partial charge in [0.2, 0.25) is 5.91 Å². The molecule has 5 nitrogen and oxygen atoms in total. The van der Waals surface area contributed by atoms with E-state index >= 15 is 0 Å². The largest absolute Gasteiger partial charge is 0.464 e. The molecule has 1 aliphatic heterocycles. The summed E-state index contributed by atoms with van der Waals surface area (Å²) in [6.45, 7) is 5.57. The first kappa shape index (κ1) is 17.5. The van der Waals surface area contributed by atoms with E-state index in [9.17, 15) is 9.59 Å². The molecule has 23 heavy (non-hydrogen) atoms. The lowest BCUT2D eigenvalue weighted by molar-refractivity contribution is -0.153. The van der Waals surface area contributed by atoms with Crippen molar-refractivity contribution in [2.75, 3.05) is 24.6 Å². The van der Waals surface area contributed by atoms with E-state index in [1.54, 1.807) is 4.90 Å². The van der Waals surface area contributed by atoms with Crippen LogP contribution in [0.15, 0.2) is 30.3 Å². The molecule has 0 aliphatic carbocycles. The van der Waals surface area contributed by atoms with E-state index < -0.39 is 5.54 Å². The fraction of sp³-hybridized carbons (Fsp3) is 0.556. The molecule has 1 amide bonds. The van der Waals surface area contributed by atoms with Gasteiger partial charge >= 0.3 is 5.97 Å². The van der Waals surface area contributed by atoms with Gasteiger partial charge in [-0.15, -0.1) is 0 Å². The zero-order valence-electron chi connectivity index (χ0n) is 14.0. The minimum atomic E-state index is -0.908. The van der Waals surface area contributed by atoms with Gasteiger partial charge in [0.1, 0.15) is 5.54 Å². The van der Waals surface area contributed by atoms with Crippen LogP contribution < -0.4 is 10.2 Å². The summed E-state index contributed by atoms with van der Waals surface area (Å²) in [7, 11) is 0. The van der Waals surface area contributed by atoms with Gasteiger partial charge in [0, 0.05) is 12.1 Å². The Balaban J connectivity index is 2.44. The SMILES string of the molecule is CCCOC(=O)C1(N(C(=O)CC)c2ccccc2)CCNCC1. The van der Waals surface area contributed by atoms with Crippen molar-refractivity contribution in [1.82, 2.24) is 5.32 Å². The van der Waals surface area contributed by atoms with E-state index in [1.807, 2.05) is 44.2 Å². The molecule has 1 aliphatic rings. The predicted molar refractivity (Wildman–Crippen MR) is 90.3 cm³/mol. The summed E-state index contributed by atoms with van der Waals surface area (Å²) in [5, 5.41) is 3.27. The maximum Gasteiger partial charge on any atom is 0.332 e. The standard InChI is InChI=1S/C18H26N2O3/c1-3-14-23-17(22)18(10-12-19-13-11-18)20(16(21)4-2)15-8-6-5-7-9-15/h5-9,19H,3-4,10-14H2,1-2H3. The number of hydrogen-bond donors (Lipinski definition) is 1. The van der Waals surface area contributed by atoms with Crippen molar-refractivity contribution in [3.05, 3.63) is 30.3 Å². The van der Waals surface area contributed by atoms with Gasteiger partial charge in [0.05, 0.1) is 6.61 Å². The molecule has 0 saturated carbocycles. The summed E-state index contributed by atoms with van der Waals surface area (Å²) in [4.78, 5) is 27.2. The highest BCUT2D eigenvalue weighted by Gasteiger charge is 2.48. The second-order valence-corrected chi connectivity index (χ2v) is 5.84. The van der Waals surface area contributed by atoms with Gasteiger partial charge in [-0.1, -0.05) is 32.0 Å². The number of hydrogen-bond acceptors (Lipinski definition) is 4. The molecular weight excluding hydrogens is 292 g/mol. The number of carbonyl (C=O) groups is 2. The summed E-state index contributed by atoms with van der Waals surface area (Å²) < 4.78 is 5.47. The fourth-order valence-corrected chi connectivity index (χ4v) is 3.05. The third-order valence-corrected chi connectivity index (χ3v) is 4.24. The number of nitrogens with zero attached hydrogens (tertiary/aromatic N) is 1. The number of para-hydroxylation sites is 1. The Hall–Kier alpha value is -1.88. The van der Waals surface area contributed by atoms with Gasteiger partial charge in [-0.05, 0) is 44.5 Å². The van der Waals surface area contributed by atoms with Gasteiger partial charge in [-0.2, -0.15) is 0 Å². The minimum absolute atomic E-state index is 0.0495. The predicted octanol–water partition coefficient (Wildman–Crippen LogP) is 2.51. The highest BCUT2D eigenvalue weighted by Crippen LogP contribution is 2.33. The van der Waals surface area contributed by atoms with Gasteiger partial charge in [-0.3, -0.25) is 9.69 Å². The number of amides is 1. The van der Waals surface area contributed by atoms with Crippen molar-refractivity contribution in [2.24, 2.45) is 0 Å². The number of anilines is 1. The van der Waals surface area contributed by atoms with Gasteiger partial charge in [0.25, 0.3) is 0 Å². The first-order chi connectivity index (χ1) is 11.2. The summed E-state index contributed by atoms with van der Waals surface area (Å²) in [5.74, 6) is -0.335. The molecule has 1 saturated heterocycles. The molecule has 1 aromatic carbocycles. The van der Waals surface area contributed by atoms with Crippen LogP contribution >= 0.6 is 0 Å². The maximum absolute atomic E-state index is 12.9. The Morgan fingerprint density at radius 2 is 1.83 bits per heavy atom. The lowest BCUT2D eigenvalue weighted by Crippen LogP contribution is -2.62. The Kier molecular flexibility index (Phi) is 6.16. The Morgan fingerprint density at radius 1 is 1.17 bits per heavy atom. The third kappa shape index (κ3) is 3.72. The van der Waals surface area contributed by atoms with Crippen molar-refractivity contribution < 1.29 is 14.3 Å². The Morgan fingerprint density at radius 3 is 2.39 bits per heavy atom. The normalized spacial score (nSPS) is 16.6. The highest BCUT2D eigenvalue weighted by atomic mass is 16.5. The lowest BCUT2D eigenvalue weighted by Gasteiger charge is -2.44. The van der Waals surface area contributed by atoms with Crippen molar-refractivity contribution >= 4 is 17.6 Å². The summed E-state index contributed by atoms with van der Waals surface area (Å²) in [6.07, 6.45) is 2.25. The minimum Gasteiger partial charge on any atom is -0.464 e. The Bertz CT molecular complexity index is 524. The fourth-order valence-electron chi connectivity index (χ4n) is 3.05. The lowest BCUT2D eigenvalue weighted by atomic mass is 9.85. The van der Waals surface area contributed by atoms with Crippen LogP contribution in [0.2, 0.25) is 0 Å². The number of benzene rings is 1. The van der Waals surface area contributed by atoms with E-state index in [1.165, 1.54) is 0 Å². The molecule has 0 spiro atoms. The first-order valence-electron chi connectivity index (χ1n) is 8.41. The van der Waals surface area contributed by atoms with Crippen molar-refractivity contribution in [3.8, 4) is 0 Å². The number of carbonyl (C=O) groups excluding carboxylic acids is 2. The average Bonchev–Trinajstić information content (AvgIpc) is 2.61. The van der Waals surface area contributed by atoms with Crippen LogP contribution in [0.5, 0.6) is 0 Å². The zero-order valence-corrected chi connectivity index (χ0v) is 14.0. The average molecular weight is 318 g/mol. The van der Waals surface area contributed by atoms with Gasteiger partial charge in [-0.25, -0.2) is 4.79 Å². The molecular formula is C18H26N2O3. The summed E-state index contributed by atoms with van der Waals surface area (Å²) in [5.41, 5.74) is -0.149. The van der Waals surface area contributed by atoms with Crippen LogP contribution in [-0.4, -0.2) is 37.1 Å². The van der Waals surface area contributed by atoms with E-state index in [0.29, 0.717) is 39.0 Å².